The highest BCUT2D eigenvalue weighted by Crippen LogP contribution is 2.29. The molecule has 5 heteroatoms. The minimum Gasteiger partial charge on any atom is -0.339 e. The first kappa shape index (κ1) is 14.0. The second-order valence-electron chi connectivity index (χ2n) is 5.08. The summed E-state index contributed by atoms with van der Waals surface area (Å²) in [6.45, 7) is 0.647. The zero-order chi connectivity index (χ0) is 13.2. The summed E-state index contributed by atoms with van der Waals surface area (Å²) in [7, 11) is 1.85. The first-order chi connectivity index (χ1) is 8.51. The van der Waals surface area contributed by atoms with Crippen LogP contribution in [-0.2, 0) is 11.3 Å². The predicted molar refractivity (Wildman–Crippen MR) is 78.5 cm³/mol. The van der Waals surface area contributed by atoms with Crippen LogP contribution in [0.1, 0.15) is 37.0 Å². The summed E-state index contributed by atoms with van der Waals surface area (Å²) in [6.07, 6.45) is 4.99. The zero-order valence-electron chi connectivity index (χ0n) is 10.6. The van der Waals surface area contributed by atoms with Crippen LogP contribution >= 0.6 is 27.3 Å². The van der Waals surface area contributed by atoms with Crippen LogP contribution in [0.2, 0.25) is 0 Å². The van der Waals surface area contributed by atoms with Gasteiger partial charge in [-0.3, -0.25) is 4.79 Å². The average molecular weight is 331 g/mol. The predicted octanol–water partition coefficient (Wildman–Crippen LogP) is 3.13. The maximum Gasteiger partial charge on any atom is 0.242 e. The summed E-state index contributed by atoms with van der Waals surface area (Å²) in [6, 6.07) is 4.06. The molecule has 1 amide bonds. The van der Waals surface area contributed by atoms with Gasteiger partial charge >= 0.3 is 0 Å². The molecule has 0 unspecified atom stereocenters. The lowest BCUT2D eigenvalue weighted by Crippen LogP contribution is -2.55. The van der Waals surface area contributed by atoms with Gasteiger partial charge < -0.3 is 10.6 Å². The summed E-state index contributed by atoms with van der Waals surface area (Å²) in [5.74, 6) is 0.0896. The number of thiophene rings is 1. The molecule has 1 aromatic rings. The van der Waals surface area contributed by atoms with Gasteiger partial charge in [-0.25, -0.2) is 0 Å². The van der Waals surface area contributed by atoms with E-state index >= 15 is 0 Å². The van der Waals surface area contributed by atoms with E-state index in [0.717, 1.165) is 29.5 Å². The first-order valence-corrected chi connectivity index (χ1v) is 7.91. The van der Waals surface area contributed by atoms with Gasteiger partial charge in [-0.15, -0.1) is 11.3 Å². The van der Waals surface area contributed by atoms with E-state index in [1.54, 1.807) is 16.2 Å². The topological polar surface area (TPSA) is 46.3 Å². The van der Waals surface area contributed by atoms with E-state index in [1.807, 2.05) is 19.2 Å². The van der Waals surface area contributed by atoms with Crippen molar-refractivity contribution in [3.63, 3.8) is 0 Å². The fourth-order valence-electron chi connectivity index (χ4n) is 2.52. The van der Waals surface area contributed by atoms with Crippen LogP contribution in [0, 0.1) is 0 Å². The molecule has 0 bridgehead atoms. The molecule has 1 aliphatic rings. The maximum atomic E-state index is 12.4. The second-order valence-corrected chi connectivity index (χ2v) is 7.63. The highest BCUT2D eigenvalue weighted by Gasteiger charge is 2.37. The van der Waals surface area contributed by atoms with Gasteiger partial charge in [0.05, 0.1) is 15.9 Å². The fraction of sp³-hybridized carbons (Fsp3) is 0.615. The van der Waals surface area contributed by atoms with Crippen molar-refractivity contribution in [1.82, 2.24) is 4.90 Å². The number of hydrogen-bond acceptors (Lipinski definition) is 3. The molecule has 1 aliphatic carbocycles. The van der Waals surface area contributed by atoms with E-state index in [2.05, 4.69) is 15.9 Å². The molecule has 2 N–H and O–H groups in total. The Labute approximate surface area is 120 Å². The van der Waals surface area contributed by atoms with E-state index < -0.39 is 5.54 Å². The summed E-state index contributed by atoms with van der Waals surface area (Å²) in [4.78, 5) is 15.4. The van der Waals surface area contributed by atoms with Crippen LogP contribution in [0.4, 0.5) is 0 Å². The normalized spacial score (nSPS) is 18.6. The van der Waals surface area contributed by atoms with Gasteiger partial charge in [0.15, 0.2) is 0 Å². The Bertz CT molecular complexity index is 426. The number of rotatable bonds is 3. The number of nitrogens with two attached hydrogens (primary N) is 1. The summed E-state index contributed by atoms with van der Waals surface area (Å²) >= 11 is 5.10. The number of amides is 1. The molecule has 100 valence electrons. The molecule has 0 saturated heterocycles. The fourth-order valence-corrected chi connectivity index (χ4v) is 4.06. The molecule has 2 rings (SSSR count). The van der Waals surface area contributed by atoms with Crippen molar-refractivity contribution in [2.75, 3.05) is 7.05 Å². The highest BCUT2D eigenvalue weighted by molar-refractivity contribution is 9.11. The molecule has 0 atom stereocenters. The van der Waals surface area contributed by atoms with Gasteiger partial charge in [-0.1, -0.05) is 19.3 Å². The molecular weight excluding hydrogens is 312 g/mol. The number of carbonyl (C=O) groups excluding carboxylic acids is 1. The molecule has 0 aromatic carbocycles. The molecule has 18 heavy (non-hydrogen) atoms. The van der Waals surface area contributed by atoms with Gasteiger partial charge in [0.1, 0.15) is 0 Å². The van der Waals surface area contributed by atoms with E-state index in [9.17, 15) is 4.79 Å². The highest BCUT2D eigenvalue weighted by atomic mass is 79.9. The molecule has 1 saturated carbocycles. The van der Waals surface area contributed by atoms with E-state index in [-0.39, 0.29) is 5.91 Å². The smallest absolute Gasteiger partial charge is 0.242 e. The minimum atomic E-state index is -0.624. The van der Waals surface area contributed by atoms with Gasteiger partial charge in [0.2, 0.25) is 5.91 Å². The quantitative estimate of drug-likeness (QED) is 0.925. The SMILES string of the molecule is CN(Cc1ccc(Br)s1)C(=O)C1(N)CCCCC1. The number of nitrogens with zero attached hydrogens (tertiary/aromatic N) is 1. The lowest BCUT2D eigenvalue weighted by atomic mass is 9.81. The Balaban J connectivity index is 1.99. The Morgan fingerprint density at radius 1 is 1.44 bits per heavy atom. The molecule has 3 nitrogen and oxygen atoms in total. The van der Waals surface area contributed by atoms with Crippen molar-refractivity contribution < 1.29 is 4.79 Å². The molecule has 1 aromatic heterocycles. The van der Waals surface area contributed by atoms with E-state index in [0.29, 0.717) is 6.54 Å². The summed E-state index contributed by atoms with van der Waals surface area (Å²) < 4.78 is 1.10. The maximum absolute atomic E-state index is 12.4. The third kappa shape index (κ3) is 3.13. The molecule has 0 spiro atoms. The summed E-state index contributed by atoms with van der Waals surface area (Å²) in [5.41, 5.74) is 5.64. The van der Waals surface area contributed by atoms with E-state index in [4.69, 9.17) is 5.73 Å². The molecule has 0 aliphatic heterocycles. The standard InChI is InChI=1S/C13H19BrN2OS/c1-16(9-10-5-6-11(14)18-10)12(17)13(15)7-3-2-4-8-13/h5-6H,2-4,7-9,15H2,1H3. The largest absolute Gasteiger partial charge is 0.339 e. The minimum absolute atomic E-state index is 0.0896. The Morgan fingerprint density at radius 3 is 2.67 bits per heavy atom. The first-order valence-electron chi connectivity index (χ1n) is 6.30. The Morgan fingerprint density at radius 2 is 2.11 bits per heavy atom. The lowest BCUT2D eigenvalue weighted by molar-refractivity contribution is -0.137. The van der Waals surface area contributed by atoms with Crippen molar-refractivity contribution >= 4 is 33.2 Å². The average Bonchev–Trinajstić information content (AvgIpc) is 2.74. The zero-order valence-corrected chi connectivity index (χ0v) is 13.0. The van der Waals surface area contributed by atoms with Crippen LogP contribution in [-0.4, -0.2) is 23.4 Å². The van der Waals surface area contributed by atoms with Gasteiger partial charge in [0, 0.05) is 11.9 Å². The van der Waals surface area contributed by atoms with Gasteiger partial charge in [-0.2, -0.15) is 0 Å². The third-order valence-electron chi connectivity index (χ3n) is 3.54. The Hall–Kier alpha value is -0.390. The van der Waals surface area contributed by atoms with Gasteiger partial charge in [0.25, 0.3) is 0 Å². The molecule has 1 heterocycles. The monoisotopic (exact) mass is 330 g/mol. The van der Waals surface area contributed by atoms with Crippen LogP contribution < -0.4 is 5.73 Å². The summed E-state index contributed by atoms with van der Waals surface area (Å²) in [5, 5.41) is 0. The van der Waals surface area contributed by atoms with Gasteiger partial charge in [-0.05, 0) is 40.9 Å². The number of carbonyl (C=O) groups is 1. The molecule has 0 radical (unpaired) electrons. The van der Waals surface area contributed by atoms with Crippen molar-refractivity contribution in [3.05, 3.63) is 20.8 Å². The van der Waals surface area contributed by atoms with Crippen LogP contribution in [0.3, 0.4) is 0 Å². The second kappa shape index (κ2) is 5.72. The van der Waals surface area contributed by atoms with Crippen LogP contribution in [0.25, 0.3) is 0 Å². The number of likely N-dealkylation sites (N-methyl/N-ethyl adjacent to an activating group) is 1. The molecular formula is C13H19BrN2OS. The van der Waals surface area contributed by atoms with Crippen molar-refractivity contribution in [2.24, 2.45) is 5.73 Å². The van der Waals surface area contributed by atoms with Crippen molar-refractivity contribution in [2.45, 2.75) is 44.2 Å². The van der Waals surface area contributed by atoms with Crippen molar-refractivity contribution in [3.8, 4) is 0 Å². The Kier molecular flexibility index (Phi) is 4.45. The number of hydrogen-bond donors (Lipinski definition) is 1. The third-order valence-corrected chi connectivity index (χ3v) is 5.15. The number of halogens is 1. The van der Waals surface area contributed by atoms with Crippen LogP contribution in [0.5, 0.6) is 0 Å². The lowest BCUT2D eigenvalue weighted by Gasteiger charge is -2.35. The van der Waals surface area contributed by atoms with Crippen molar-refractivity contribution in [1.29, 1.82) is 0 Å². The molecule has 1 fully saturated rings. The van der Waals surface area contributed by atoms with Crippen LogP contribution in [0.15, 0.2) is 15.9 Å². The van der Waals surface area contributed by atoms with E-state index in [1.165, 1.54) is 11.3 Å².